The van der Waals surface area contributed by atoms with Crippen LogP contribution in [-0.2, 0) is 4.79 Å². The molecule has 1 aliphatic carbocycles. The van der Waals surface area contributed by atoms with Crippen molar-refractivity contribution in [2.75, 3.05) is 0 Å². The van der Waals surface area contributed by atoms with Crippen LogP contribution in [0.15, 0.2) is 18.3 Å². The first kappa shape index (κ1) is 15.6. The molecule has 0 saturated heterocycles. The highest BCUT2D eigenvalue weighted by Crippen LogP contribution is 2.28. The zero-order chi connectivity index (χ0) is 15.1. The molecular weight excluding hydrogens is 268 g/mol. The second-order valence-electron chi connectivity index (χ2n) is 5.93. The van der Waals surface area contributed by atoms with Gasteiger partial charge in [0.15, 0.2) is 0 Å². The number of nitrogens with one attached hydrogen (secondary N) is 2. The van der Waals surface area contributed by atoms with Crippen LogP contribution in [-0.4, -0.2) is 28.0 Å². The van der Waals surface area contributed by atoms with Crippen LogP contribution in [0.3, 0.4) is 0 Å². The maximum absolute atomic E-state index is 12.1. The normalized spacial score (nSPS) is 17.3. The third-order valence-electron chi connectivity index (χ3n) is 4.23. The Hall–Kier alpha value is -1.78. The van der Waals surface area contributed by atoms with E-state index in [1.54, 1.807) is 18.3 Å². The lowest BCUT2D eigenvalue weighted by Crippen LogP contribution is -2.37. The van der Waals surface area contributed by atoms with Gasteiger partial charge in [-0.25, -0.2) is 0 Å². The van der Waals surface area contributed by atoms with Gasteiger partial charge in [0.2, 0.25) is 0 Å². The maximum atomic E-state index is 12.1. The molecule has 1 unspecified atom stereocenters. The quantitative estimate of drug-likeness (QED) is 0.722. The van der Waals surface area contributed by atoms with E-state index in [9.17, 15) is 9.59 Å². The Balaban J connectivity index is 1.90. The largest absolute Gasteiger partial charge is 0.481 e. The number of carbonyl (C=O) groups excluding carboxylic acids is 1. The smallest absolute Gasteiger partial charge is 0.303 e. The number of aliphatic carboxylic acids is 1. The zero-order valence-corrected chi connectivity index (χ0v) is 12.3. The summed E-state index contributed by atoms with van der Waals surface area (Å²) in [4.78, 5) is 25.8. The second kappa shape index (κ2) is 7.86. The van der Waals surface area contributed by atoms with Crippen LogP contribution in [0.1, 0.15) is 61.9 Å². The summed E-state index contributed by atoms with van der Waals surface area (Å²) in [5.74, 6) is -0.342. The number of aromatic amines is 1. The van der Waals surface area contributed by atoms with Crippen molar-refractivity contribution >= 4 is 11.9 Å². The SMILES string of the molecule is O=C(O)CCC(CC1CCCCC1)NC(=O)c1ccc[nH]1. The van der Waals surface area contributed by atoms with Crippen molar-refractivity contribution in [1.82, 2.24) is 10.3 Å². The van der Waals surface area contributed by atoms with Gasteiger partial charge in [-0.05, 0) is 30.9 Å². The third-order valence-corrected chi connectivity index (χ3v) is 4.23. The minimum Gasteiger partial charge on any atom is -0.481 e. The first-order chi connectivity index (χ1) is 10.1. The molecule has 1 amide bonds. The number of hydrogen-bond acceptors (Lipinski definition) is 2. The van der Waals surface area contributed by atoms with Gasteiger partial charge in [-0.15, -0.1) is 0 Å². The van der Waals surface area contributed by atoms with Crippen LogP contribution >= 0.6 is 0 Å². The van der Waals surface area contributed by atoms with E-state index in [1.807, 2.05) is 0 Å². The highest BCUT2D eigenvalue weighted by atomic mass is 16.4. The van der Waals surface area contributed by atoms with Gasteiger partial charge in [0.25, 0.3) is 5.91 Å². The van der Waals surface area contributed by atoms with Crippen LogP contribution < -0.4 is 5.32 Å². The first-order valence-electron chi connectivity index (χ1n) is 7.81. The maximum Gasteiger partial charge on any atom is 0.303 e. The van der Waals surface area contributed by atoms with Gasteiger partial charge in [0.1, 0.15) is 5.69 Å². The van der Waals surface area contributed by atoms with Crippen molar-refractivity contribution < 1.29 is 14.7 Å². The summed E-state index contributed by atoms with van der Waals surface area (Å²) < 4.78 is 0. The standard InChI is InChI=1S/C16H24N2O3/c19-15(20)9-8-13(11-12-5-2-1-3-6-12)18-16(21)14-7-4-10-17-14/h4,7,10,12-13,17H,1-3,5-6,8-9,11H2,(H,18,21)(H,19,20). The molecule has 1 aromatic heterocycles. The monoisotopic (exact) mass is 292 g/mol. The van der Waals surface area contributed by atoms with Crippen molar-refractivity contribution in [3.63, 3.8) is 0 Å². The highest BCUT2D eigenvalue weighted by molar-refractivity contribution is 5.92. The molecule has 1 fully saturated rings. The topological polar surface area (TPSA) is 82.2 Å². The van der Waals surface area contributed by atoms with E-state index in [2.05, 4.69) is 10.3 Å². The lowest BCUT2D eigenvalue weighted by atomic mass is 9.84. The van der Waals surface area contributed by atoms with E-state index in [4.69, 9.17) is 5.11 Å². The fourth-order valence-electron chi connectivity index (χ4n) is 3.11. The summed E-state index contributed by atoms with van der Waals surface area (Å²) >= 11 is 0. The van der Waals surface area contributed by atoms with Crippen molar-refractivity contribution in [2.45, 2.75) is 57.4 Å². The Kier molecular flexibility index (Phi) is 5.84. The number of amides is 1. The third kappa shape index (κ3) is 5.25. The molecule has 1 aromatic rings. The number of aromatic nitrogens is 1. The summed E-state index contributed by atoms with van der Waals surface area (Å²) in [5.41, 5.74) is 0.527. The molecule has 5 heteroatoms. The molecule has 0 radical (unpaired) electrons. The summed E-state index contributed by atoms with van der Waals surface area (Å²) in [6.45, 7) is 0. The average Bonchev–Trinajstić information content (AvgIpc) is 3.00. The fourth-order valence-corrected chi connectivity index (χ4v) is 3.11. The Morgan fingerprint density at radius 1 is 1.33 bits per heavy atom. The number of carboxylic acid groups (broad SMARTS) is 1. The minimum atomic E-state index is -0.808. The van der Waals surface area contributed by atoms with Crippen LogP contribution in [0, 0.1) is 5.92 Å². The molecule has 0 spiro atoms. The van der Waals surface area contributed by atoms with Crippen LogP contribution in [0.5, 0.6) is 0 Å². The molecular formula is C16H24N2O3. The van der Waals surface area contributed by atoms with Gasteiger partial charge in [-0.3, -0.25) is 9.59 Å². The lowest BCUT2D eigenvalue weighted by molar-refractivity contribution is -0.137. The summed E-state index contributed by atoms with van der Waals surface area (Å²) in [6, 6.07) is 3.45. The summed E-state index contributed by atoms with van der Waals surface area (Å²) in [5, 5.41) is 11.9. The number of H-pyrrole nitrogens is 1. The van der Waals surface area contributed by atoms with Gasteiger partial charge in [0, 0.05) is 18.7 Å². The van der Waals surface area contributed by atoms with Crippen molar-refractivity contribution in [2.24, 2.45) is 5.92 Å². The summed E-state index contributed by atoms with van der Waals surface area (Å²) in [7, 11) is 0. The van der Waals surface area contributed by atoms with Gasteiger partial charge in [-0.2, -0.15) is 0 Å². The molecule has 116 valence electrons. The molecule has 3 N–H and O–H groups in total. The van der Waals surface area contributed by atoms with Crippen molar-refractivity contribution in [3.8, 4) is 0 Å². The molecule has 5 nitrogen and oxygen atoms in total. The first-order valence-corrected chi connectivity index (χ1v) is 7.81. The highest BCUT2D eigenvalue weighted by Gasteiger charge is 2.21. The molecule has 1 saturated carbocycles. The Bertz CT molecular complexity index is 450. The van der Waals surface area contributed by atoms with E-state index < -0.39 is 5.97 Å². The average molecular weight is 292 g/mol. The molecule has 0 aromatic carbocycles. The van der Waals surface area contributed by atoms with Gasteiger partial charge >= 0.3 is 5.97 Å². The molecule has 21 heavy (non-hydrogen) atoms. The Labute approximate surface area is 125 Å². The van der Waals surface area contributed by atoms with Gasteiger partial charge in [-0.1, -0.05) is 32.1 Å². The number of rotatable bonds is 7. The number of carbonyl (C=O) groups is 2. The van der Waals surface area contributed by atoms with Gasteiger partial charge < -0.3 is 15.4 Å². The summed E-state index contributed by atoms with van der Waals surface area (Å²) in [6.07, 6.45) is 9.39. The minimum absolute atomic E-state index is 0.0556. The molecule has 1 atom stereocenters. The lowest BCUT2D eigenvalue weighted by Gasteiger charge is -2.27. The Morgan fingerprint density at radius 2 is 2.10 bits per heavy atom. The van der Waals surface area contributed by atoms with E-state index in [1.165, 1.54) is 32.1 Å². The molecule has 0 aliphatic heterocycles. The molecule has 2 rings (SSSR count). The van der Waals surface area contributed by atoms with Crippen LogP contribution in [0.25, 0.3) is 0 Å². The van der Waals surface area contributed by atoms with Crippen molar-refractivity contribution in [1.29, 1.82) is 0 Å². The van der Waals surface area contributed by atoms with E-state index in [0.29, 0.717) is 18.0 Å². The predicted molar refractivity (Wildman–Crippen MR) is 80.1 cm³/mol. The second-order valence-corrected chi connectivity index (χ2v) is 5.93. The van der Waals surface area contributed by atoms with E-state index in [0.717, 1.165) is 6.42 Å². The van der Waals surface area contributed by atoms with Crippen LogP contribution in [0.4, 0.5) is 0 Å². The molecule has 1 aliphatic rings. The number of carboxylic acids is 1. The van der Waals surface area contributed by atoms with Gasteiger partial charge in [0.05, 0.1) is 0 Å². The van der Waals surface area contributed by atoms with E-state index >= 15 is 0 Å². The number of hydrogen-bond donors (Lipinski definition) is 3. The molecule has 1 heterocycles. The fraction of sp³-hybridized carbons (Fsp3) is 0.625. The van der Waals surface area contributed by atoms with Crippen molar-refractivity contribution in [3.05, 3.63) is 24.0 Å². The van der Waals surface area contributed by atoms with Crippen LogP contribution in [0.2, 0.25) is 0 Å². The van der Waals surface area contributed by atoms with E-state index in [-0.39, 0.29) is 18.4 Å². The zero-order valence-electron chi connectivity index (χ0n) is 12.3. The molecule has 0 bridgehead atoms. The Morgan fingerprint density at radius 3 is 2.71 bits per heavy atom. The predicted octanol–water partition coefficient (Wildman–Crippen LogP) is 2.95.